The van der Waals surface area contributed by atoms with Gasteiger partial charge in [-0.15, -0.1) is 0 Å². The molecule has 1 amide bonds. The van der Waals surface area contributed by atoms with Crippen molar-refractivity contribution in [2.45, 2.75) is 52.5 Å². The molecule has 0 radical (unpaired) electrons. The SMILES string of the molecule is Cc1ccc(CCC(=O)N2CCC[C@@H](n3nc(C)nc3C)C2)cc1. The van der Waals surface area contributed by atoms with Crippen LogP contribution in [0, 0.1) is 20.8 Å². The van der Waals surface area contributed by atoms with E-state index in [-0.39, 0.29) is 11.9 Å². The number of nitrogens with zero attached hydrogens (tertiary/aromatic N) is 4. The van der Waals surface area contributed by atoms with Gasteiger partial charge in [-0.1, -0.05) is 29.8 Å². The second-order valence-corrected chi connectivity index (χ2v) is 6.77. The van der Waals surface area contributed by atoms with Gasteiger partial charge in [0, 0.05) is 19.5 Å². The Morgan fingerprint density at radius 2 is 1.96 bits per heavy atom. The molecule has 0 unspecified atom stereocenters. The first kappa shape index (κ1) is 16.7. The van der Waals surface area contributed by atoms with Crippen LogP contribution in [0.5, 0.6) is 0 Å². The number of carbonyl (C=O) groups is 1. The average Bonchev–Trinajstić information content (AvgIpc) is 2.92. The van der Waals surface area contributed by atoms with Gasteiger partial charge in [0.1, 0.15) is 11.6 Å². The summed E-state index contributed by atoms with van der Waals surface area (Å²) in [5.74, 6) is 1.98. The topological polar surface area (TPSA) is 51.0 Å². The molecule has 1 atom stereocenters. The number of piperidine rings is 1. The Labute approximate surface area is 143 Å². The molecule has 24 heavy (non-hydrogen) atoms. The van der Waals surface area contributed by atoms with Gasteiger partial charge in [-0.25, -0.2) is 9.67 Å². The van der Waals surface area contributed by atoms with Gasteiger partial charge in [0.05, 0.1) is 6.04 Å². The van der Waals surface area contributed by atoms with Crippen molar-refractivity contribution >= 4 is 5.91 Å². The molecule has 1 aliphatic heterocycles. The van der Waals surface area contributed by atoms with Crippen LogP contribution in [0.15, 0.2) is 24.3 Å². The zero-order valence-corrected chi connectivity index (χ0v) is 14.8. The molecule has 3 rings (SSSR count). The minimum Gasteiger partial charge on any atom is -0.341 e. The lowest BCUT2D eigenvalue weighted by atomic mass is 10.0. The molecule has 0 bridgehead atoms. The average molecular weight is 326 g/mol. The summed E-state index contributed by atoms with van der Waals surface area (Å²) < 4.78 is 1.99. The third-order valence-electron chi connectivity index (χ3n) is 4.75. The Kier molecular flexibility index (Phi) is 4.97. The van der Waals surface area contributed by atoms with Crippen molar-refractivity contribution in [3.8, 4) is 0 Å². The van der Waals surface area contributed by atoms with E-state index in [1.807, 2.05) is 23.4 Å². The maximum absolute atomic E-state index is 12.6. The Morgan fingerprint density at radius 3 is 2.62 bits per heavy atom. The fourth-order valence-corrected chi connectivity index (χ4v) is 3.43. The van der Waals surface area contributed by atoms with E-state index in [1.165, 1.54) is 11.1 Å². The van der Waals surface area contributed by atoms with Crippen LogP contribution in [0.25, 0.3) is 0 Å². The molecule has 1 saturated heterocycles. The van der Waals surface area contributed by atoms with Gasteiger partial charge in [0.15, 0.2) is 0 Å². The molecule has 0 aliphatic carbocycles. The van der Waals surface area contributed by atoms with E-state index in [9.17, 15) is 4.79 Å². The summed E-state index contributed by atoms with van der Waals surface area (Å²) in [5.41, 5.74) is 2.48. The third kappa shape index (κ3) is 3.83. The number of likely N-dealkylation sites (tertiary alicyclic amines) is 1. The molecule has 0 spiro atoms. The first-order valence-electron chi connectivity index (χ1n) is 8.76. The van der Waals surface area contributed by atoms with E-state index < -0.39 is 0 Å². The number of benzene rings is 1. The van der Waals surface area contributed by atoms with Gasteiger partial charge in [-0.2, -0.15) is 5.10 Å². The highest BCUT2D eigenvalue weighted by Crippen LogP contribution is 2.23. The summed E-state index contributed by atoms with van der Waals surface area (Å²) in [6.45, 7) is 7.58. The normalized spacial score (nSPS) is 18.0. The van der Waals surface area contributed by atoms with E-state index in [0.29, 0.717) is 6.42 Å². The number of amides is 1. The lowest BCUT2D eigenvalue weighted by molar-refractivity contribution is -0.132. The van der Waals surface area contributed by atoms with Crippen molar-refractivity contribution in [3.63, 3.8) is 0 Å². The summed E-state index contributed by atoms with van der Waals surface area (Å²) in [4.78, 5) is 19.0. The number of hydrogen-bond donors (Lipinski definition) is 0. The number of aromatic nitrogens is 3. The fourth-order valence-electron chi connectivity index (χ4n) is 3.43. The Hall–Kier alpha value is -2.17. The zero-order valence-electron chi connectivity index (χ0n) is 14.8. The highest BCUT2D eigenvalue weighted by atomic mass is 16.2. The first-order valence-corrected chi connectivity index (χ1v) is 8.76. The molecular weight excluding hydrogens is 300 g/mol. The van der Waals surface area contributed by atoms with Crippen LogP contribution in [0.4, 0.5) is 0 Å². The van der Waals surface area contributed by atoms with E-state index in [0.717, 1.165) is 44.0 Å². The monoisotopic (exact) mass is 326 g/mol. The molecular formula is C19H26N4O. The highest BCUT2D eigenvalue weighted by molar-refractivity contribution is 5.76. The van der Waals surface area contributed by atoms with E-state index in [2.05, 4.69) is 41.3 Å². The lowest BCUT2D eigenvalue weighted by Gasteiger charge is -2.33. The van der Waals surface area contributed by atoms with Gasteiger partial charge >= 0.3 is 0 Å². The van der Waals surface area contributed by atoms with Crippen molar-refractivity contribution in [3.05, 3.63) is 47.0 Å². The number of carbonyl (C=O) groups excluding carboxylic acids is 1. The zero-order chi connectivity index (χ0) is 17.1. The molecule has 1 aromatic carbocycles. The Morgan fingerprint density at radius 1 is 1.21 bits per heavy atom. The van der Waals surface area contributed by atoms with Gasteiger partial charge in [-0.3, -0.25) is 4.79 Å². The highest BCUT2D eigenvalue weighted by Gasteiger charge is 2.26. The molecule has 1 aliphatic rings. The maximum Gasteiger partial charge on any atom is 0.222 e. The standard InChI is InChI=1S/C19H26N4O/c1-14-6-8-17(9-7-14)10-11-19(24)22-12-4-5-18(13-22)23-16(3)20-15(2)21-23/h6-9,18H,4-5,10-13H2,1-3H3/t18-/m1/s1. The van der Waals surface area contributed by atoms with Crippen LogP contribution >= 0.6 is 0 Å². The second-order valence-electron chi connectivity index (χ2n) is 6.77. The second kappa shape index (κ2) is 7.16. The van der Waals surface area contributed by atoms with Crippen LogP contribution < -0.4 is 0 Å². The summed E-state index contributed by atoms with van der Waals surface area (Å²) in [6, 6.07) is 8.69. The molecule has 128 valence electrons. The smallest absolute Gasteiger partial charge is 0.222 e. The number of aryl methyl sites for hydroxylation is 4. The van der Waals surface area contributed by atoms with E-state index >= 15 is 0 Å². The Bertz CT molecular complexity index is 705. The van der Waals surface area contributed by atoms with Crippen LogP contribution in [-0.4, -0.2) is 38.7 Å². The molecule has 2 heterocycles. The van der Waals surface area contributed by atoms with Crippen LogP contribution in [0.2, 0.25) is 0 Å². The van der Waals surface area contributed by atoms with Crippen molar-refractivity contribution in [2.24, 2.45) is 0 Å². The van der Waals surface area contributed by atoms with Crippen molar-refractivity contribution < 1.29 is 4.79 Å². The van der Waals surface area contributed by atoms with Gasteiger partial charge in [-0.05, 0) is 45.6 Å². The van der Waals surface area contributed by atoms with E-state index in [4.69, 9.17) is 0 Å². The summed E-state index contributed by atoms with van der Waals surface area (Å²) >= 11 is 0. The largest absolute Gasteiger partial charge is 0.341 e. The predicted octanol–water partition coefficient (Wildman–Crippen LogP) is 3.00. The first-order chi connectivity index (χ1) is 11.5. The van der Waals surface area contributed by atoms with Crippen molar-refractivity contribution in [1.82, 2.24) is 19.7 Å². The Balaban J connectivity index is 1.58. The summed E-state index contributed by atoms with van der Waals surface area (Å²) in [7, 11) is 0. The summed E-state index contributed by atoms with van der Waals surface area (Å²) in [5, 5.41) is 4.50. The molecule has 5 heteroatoms. The molecule has 0 saturated carbocycles. The third-order valence-corrected chi connectivity index (χ3v) is 4.75. The molecule has 1 aromatic heterocycles. The van der Waals surface area contributed by atoms with E-state index in [1.54, 1.807) is 0 Å². The molecule has 2 aromatic rings. The van der Waals surface area contributed by atoms with Crippen LogP contribution in [-0.2, 0) is 11.2 Å². The molecule has 1 fully saturated rings. The van der Waals surface area contributed by atoms with Crippen molar-refractivity contribution in [2.75, 3.05) is 13.1 Å². The minimum atomic E-state index is 0.245. The predicted molar refractivity (Wildman–Crippen MR) is 93.8 cm³/mol. The van der Waals surface area contributed by atoms with Crippen LogP contribution in [0.3, 0.4) is 0 Å². The molecule has 0 N–H and O–H groups in total. The fraction of sp³-hybridized carbons (Fsp3) is 0.526. The number of rotatable bonds is 4. The summed E-state index contributed by atoms with van der Waals surface area (Å²) in [6.07, 6.45) is 3.47. The lowest BCUT2D eigenvalue weighted by Crippen LogP contribution is -2.41. The van der Waals surface area contributed by atoms with Crippen molar-refractivity contribution in [1.29, 1.82) is 0 Å². The minimum absolute atomic E-state index is 0.245. The van der Waals surface area contributed by atoms with Gasteiger partial charge in [0.25, 0.3) is 0 Å². The molecule has 5 nitrogen and oxygen atoms in total. The van der Waals surface area contributed by atoms with Crippen LogP contribution in [0.1, 0.15) is 48.1 Å². The maximum atomic E-state index is 12.6. The van der Waals surface area contributed by atoms with Gasteiger partial charge < -0.3 is 4.90 Å². The number of hydrogen-bond acceptors (Lipinski definition) is 3. The quantitative estimate of drug-likeness (QED) is 0.868. The van der Waals surface area contributed by atoms with Gasteiger partial charge in [0.2, 0.25) is 5.91 Å².